The van der Waals surface area contributed by atoms with Crippen molar-refractivity contribution in [3.05, 3.63) is 231 Å². The predicted molar refractivity (Wildman–Crippen MR) is 259 cm³/mol. The molecule has 0 heteroatoms. The van der Waals surface area contributed by atoms with Gasteiger partial charge in [-0.15, -0.1) is 0 Å². The van der Waals surface area contributed by atoms with Crippen LogP contribution >= 0.6 is 0 Å². The van der Waals surface area contributed by atoms with Gasteiger partial charge in [-0.2, -0.15) is 0 Å². The van der Waals surface area contributed by atoms with Gasteiger partial charge in [0.25, 0.3) is 0 Å². The molecule has 0 bridgehead atoms. The van der Waals surface area contributed by atoms with Crippen molar-refractivity contribution >= 4 is 64.6 Å². The van der Waals surface area contributed by atoms with Gasteiger partial charge in [0.2, 0.25) is 0 Å². The lowest BCUT2D eigenvalue weighted by atomic mass is 9.82. The molecule has 12 rings (SSSR count). The third-order valence-electron chi connectivity index (χ3n) is 12.7. The van der Waals surface area contributed by atoms with Gasteiger partial charge in [-0.05, 0) is 120 Å². The Morgan fingerprint density at radius 1 is 0.133 bits per heavy atom. The molecular formula is C60H38. The van der Waals surface area contributed by atoms with Gasteiger partial charge in [0.1, 0.15) is 0 Å². The normalized spacial score (nSPS) is 11.7. The van der Waals surface area contributed by atoms with Gasteiger partial charge in [-0.3, -0.25) is 0 Å². The summed E-state index contributed by atoms with van der Waals surface area (Å²) in [6, 6.07) is 85.3. The van der Waals surface area contributed by atoms with E-state index in [-0.39, 0.29) is 0 Å². The Kier molecular flexibility index (Phi) is 7.96. The lowest BCUT2D eigenvalue weighted by Crippen LogP contribution is -1.94. The van der Waals surface area contributed by atoms with E-state index in [9.17, 15) is 0 Å². The van der Waals surface area contributed by atoms with Gasteiger partial charge >= 0.3 is 0 Å². The summed E-state index contributed by atoms with van der Waals surface area (Å²) < 4.78 is 0. The van der Waals surface area contributed by atoms with Crippen LogP contribution in [0.1, 0.15) is 0 Å². The topological polar surface area (TPSA) is 0 Å². The zero-order valence-corrected chi connectivity index (χ0v) is 32.9. The first kappa shape index (κ1) is 34.3. The minimum atomic E-state index is 1.22. The maximum atomic E-state index is 2.38. The maximum Gasteiger partial charge on any atom is -0.00201 e. The van der Waals surface area contributed by atoms with Crippen molar-refractivity contribution in [3.8, 4) is 55.6 Å². The van der Waals surface area contributed by atoms with Crippen LogP contribution in [-0.2, 0) is 0 Å². The summed E-state index contributed by atoms with van der Waals surface area (Å²) in [5.74, 6) is 0. The first-order valence-electron chi connectivity index (χ1n) is 20.8. The third kappa shape index (κ3) is 5.39. The molecule has 0 fully saturated rings. The lowest BCUT2D eigenvalue weighted by Gasteiger charge is -2.21. The highest BCUT2D eigenvalue weighted by Crippen LogP contribution is 2.48. The van der Waals surface area contributed by atoms with Crippen molar-refractivity contribution in [1.82, 2.24) is 0 Å². The van der Waals surface area contributed by atoms with E-state index in [1.807, 2.05) is 0 Å². The average Bonchev–Trinajstić information content (AvgIpc) is 3.32. The second-order valence-corrected chi connectivity index (χ2v) is 15.9. The van der Waals surface area contributed by atoms with Crippen LogP contribution in [0, 0.1) is 0 Å². The molecule has 0 heterocycles. The van der Waals surface area contributed by atoms with Gasteiger partial charge in [0, 0.05) is 0 Å². The van der Waals surface area contributed by atoms with Gasteiger partial charge in [-0.25, -0.2) is 0 Å². The van der Waals surface area contributed by atoms with Gasteiger partial charge < -0.3 is 0 Å². The molecule has 0 aromatic heterocycles. The molecule has 0 amide bonds. The first-order valence-corrected chi connectivity index (χ1v) is 20.8. The van der Waals surface area contributed by atoms with Crippen LogP contribution in [0.25, 0.3) is 120 Å². The summed E-state index contributed by atoms with van der Waals surface area (Å²) in [7, 11) is 0. The van der Waals surface area contributed by atoms with Crippen LogP contribution in [-0.4, -0.2) is 0 Å². The van der Waals surface area contributed by atoms with E-state index >= 15 is 0 Å². The maximum absolute atomic E-state index is 2.38. The largest absolute Gasteiger partial charge is 0.0616 e. The zero-order valence-electron chi connectivity index (χ0n) is 32.9. The molecule has 60 heavy (non-hydrogen) atoms. The number of hydrogen-bond acceptors (Lipinski definition) is 0. The Balaban J connectivity index is 1.21. The van der Waals surface area contributed by atoms with Crippen LogP contribution in [0.3, 0.4) is 0 Å². The molecule has 0 aliphatic heterocycles. The average molecular weight is 759 g/mol. The minimum absolute atomic E-state index is 1.22. The Morgan fingerprint density at radius 2 is 0.333 bits per heavy atom. The summed E-state index contributed by atoms with van der Waals surface area (Å²) >= 11 is 0. The molecule has 0 unspecified atom stereocenters. The smallest absolute Gasteiger partial charge is 0.00201 e. The van der Waals surface area contributed by atoms with E-state index in [1.54, 1.807) is 0 Å². The fraction of sp³-hybridized carbons (Fsp3) is 0. The number of fused-ring (bicyclic) bond motifs is 6. The number of hydrogen-bond donors (Lipinski definition) is 0. The van der Waals surface area contributed by atoms with Crippen molar-refractivity contribution in [2.75, 3.05) is 0 Å². The molecule has 0 spiro atoms. The molecule has 0 radical (unpaired) electrons. The highest BCUT2D eigenvalue weighted by Gasteiger charge is 2.21. The standard InChI is InChI=1S/C60H38/c1-5-23-43-39(15-1)19-9-27-47(43)53-31-13-33-55-51(35-37-57(59(53)55)49-29-11-21-41-17-3-7-25-45(41)49)52-36-38-58(50-30-12-22-42-18-4-8-26-46(42)50)60-54(32-14-34-56(52)60)48-28-10-20-40-16-2-6-24-44(40)48/h1-38H. The Labute approximate surface area is 349 Å². The van der Waals surface area contributed by atoms with Crippen molar-refractivity contribution < 1.29 is 0 Å². The molecule has 278 valence electrons. The van der Waals surface area contributed by atoms with Crippen molar-refractivity contribution in [2.24, 2.45) is 0 Å². The van der Waals surface area contributed by atoms with Gasteiger partial charge in [-0.1, -0.05) is 231 Å². The second kappa shape index (κ2) is 13.9. The van der Waals surface area contributed by atoms with Crippen LogP contribution in [0.5, 0.6) is 0 Å². The predicted octanol–water partition coefficient (Wildman–Crippen LogP) is 16.9. The quantitative estimate of drug-likeness (QED) is 0.164. The fourth-order valence-corrected chi connectivity index (χ4v) is 10.0. The highest BCUT2D eigenvalue weighted by atomic mass is 14.2. The second-order valence-electron chi connectivity index (χ2n) is 15.9. The molecular weight excluding hydrogens is 721 g/mol. The van der Waals surface area contributed by atoms with Crippen molar-refractivity contribution in [3.63, 3.8) is 0 Å². The fourth-order valence-electron chi connectivity index (χ4n) is 10.0. The molecule has 12 aromatic rings. The number of benzene rings is 12. The minimum Gasteiger partial charge on any atom is -0.0616 e. The van der Waals surface area contributed by atoms with E-state index < -0.39 is 0 Å². The van der Waals surface area contributed by atoms with Gasteiger partial charge in [0.15, 0.2) is 0 Å². The van der Waals surface area contributed by atoms with Crippen LogP contribution in [0.2, 0.25) is 0 Å². The van der Waals surface area contributed by atoms with E-state index in [4.69, 9.17) is 0 Å². The molecule has 0 saturated carbocycles. The Hall–Kier alpha value is -7.80. The van der Waals surface area contributed by atoms with E-state index in [2.05, 4.69) is 231 Å². The number of rotatable bonds is 5. The molecule has 0 atom stereocenters. The SMILES string of the molecule is c1ccc2c(-c3cccc4c(-c5ccc(-c6cccc7ccccc67)c6c(-c7cccc8ccccc78)cccc56)ccc(-c5cccc6ccccc56)c34)cccc2c1. The third-order valence-corrected chi connectivity index (χ3v) is 12.7. The summed E-state index contributed by atoms with van der Waals surface area (Å²) in [5, 5.41) is 15.0. The highest BCUT2D eigenvalue weighted by molar-refractivity contribution is 6.22. The summed E-state index contributed by atoms with van der Waals surface area (Å²) in [6.45, 7) is 0. The molecule has 12 aromatic carbocycles. The Bertz CT molecular complexity index is 3230. The van der Waals surface area contributed by atoms with Crippen LogP contribution in [0.4, 0.5) is 0 Å². The molecule has 0 saturated heterocycles. The molecule has 0 N–H and O–H groups in total. The monoisotopic (exact) mass is 758 g/mol. The summed E-state index contributed by atoms with van der Waals surface area (Å²) in [5.41, 5.74) is 12.4. The van der Waals surface area contributed by atoms with Crippen molar-refractivity contribution in [1.29, 1.82) is 0 Å². The summed E-state index contributed by atoms with van der Waals surface area (Å²) in [4.78, 5) is 0. The molecule has 0 aliphatic rings. The molecule has 0 aliphatic carbocycles. The first-order chi connectivity index (χ1) is 29.8. The Morgan fingerprint density at radius 3 is 0.667 bits per heavy atom. The zero-order chi connectivity index (χ0) is 39.6. The van der Waals surface area contributed by atoms with Crippen LogP contribution in [0.15, 0.2) is 231 Å². The molecule has 0 nitrogen and oxygen atoms in total. The van der Waals surface area contributed by atoms with Crippen molar-refractivity contribution in [2.45, 2.75) is 0 Å². The van der Waals surface area contributed by atoms with Crippen LogP contribution < -0.4 is 0 Å². The van der Waals surface area contributed by atoms with E-state index in [0.717, 1.165) is 0 Å². The lowest BCUT2D eigenvalue weighted by molar-refractivity contribution is 1.63. The van der Waals surface area contributed by atoms with E-state index in [1.165, 1.54) is 120 Å². The summed E-state index contributed by atoms with van der Waals surface area (Å²) in [6.07, 6.45) is 0. The van der Waals surface area contributed by atoms with E-state index in [0.29, 0.717) is 0 Å². The van der Waals surface area contributed by atoms with Gasteiger partial charge in [0.05, 0.1) is 0 Å².